The van der Waals surface area contributed by atoms with Crippen molar-refractivity contribution in [3.63, 3.8) is 0 Å². The van der Waals surface area contributed by atoms with Crippen molar-refractivity contribution in [2.24, 2.45) is 5.92 Å². The van der Waals surface area contributed by atoms with E-state index >= 15 is 0 Å². The van der Waals surface area contributed by atoms with Crippen LogP contribution in [0.25, 0.3) is 0 Å². The SMILES string of the molecule is CCCC(C)CC1(O)CCCC1. The highest BCUT2D eigenvalue weighted by molar-refractivity contribution is 4.85. The number of hydrogen-bond donors (Lipinski definition) is 1. The fraction of sp³-hybridized carbons (Fsp3) is 1.00. The number of rotatable bonds is 4. The Balaban J connectivity index is 2.28. The van der Waals surface area contributed by atoms with Crippen molar-refractivity contribution in [1.29, 1.82) is 0 Å². The lowest BCUT2D eigenvalue weighted by Gasteiger charge is -2.25. The molecule has 0 bridgehead atoms. The van der Waals surface area contributed by atoms with E-state index in [0.717, 1.165) is 19.3 Å². The van der Waals surface area contributed by atoms with Gasteiger partial charge in [-0.3, -0.25) is 0 Å². The molecular weight excluding hydrogens is 148 g/mol. The molecule has 1 saturated carbocycles. The van der Waals surface area contributed by atoms with Crippen LogP contribution in [0.15, 0.2) is 0 Å². The van der Waals surface area contributed by atoms with Gasteiger partial charge in [0.15, 0.2) is 0 Å². The predicted molar refractivity (Wildman–Crippen MR) is 52.1 cm³/mol. The molecule has 0 aromatic carbocycles. The van der Waals surface area contributed by atoms with Crippen LogP contribution in [0, 0.1) is 5.92 Å². The van der Waals surface area contributed by atoms with Gasteiger partial charge in [-0.1, -0.05) is 39.5 Å². The van der Waals surface area contributed by atoms with Gasteiger partial charge in [0.05, 0.1) is 5.60 Å². The van der Waals surface area contributed by atoms with E-state index in [2.05, 4.69) is 13.8 Å². The number of aliphatic hydroxyl groups is 1. The second kappa shape index (κ2) is 4.27. The van der Waals surface area contributed by atoms with E-state index in [1.807, 2.05) is 0 Å². The Hall–Kier alpha value is -0.0400. The minimum atomic E-state index is -0.283. The molecule has 72 valence electrons. The minimum absolute atomic E-state index is 0.283. The van der Waals surface area contributed by atoms with Gasteiger partial charge >= 0.3 is 0 Å². The van der Waals surface area contributed by atoms with Crippen LogP contribution >= 0.6 is 0 Å². The predicted octanol–water partition coefficient (Wildman–Crippen LogP) is 3.12. The normalized spacial score (nSPS) is 24.2. The van der Waals surface area contributed by atoms with Gasteiger partial charge in [0, 0.05) is 0 Å². The van der Waals surface area contributed by atoms with Gasteiger partial charge in [-0.05, 0) is 25.2 Å². The summed E-state index contributed by atoms with van der Waals surface area (Å²) in [5.41, 5.74) is -0.283. The Morgan fingerprint density at radius 2 is 1.92 bits per heavy atom. The third-order valence-corrected chi connectivity index (χ3v) is 3.04. The molecule has 0 saturated heterocycles. The molecule has 0 spiro atoms. The van der Waals surface area contributed by atoms with Crippen molar-refractivity contribution < 1.29 is 5.11 Å². The Labute approximate surface area is 76.2 Å². The molecule has 1 aliphatic carbocycles. The monoisotopic (exact) mass is 170 g/mol. The van der Waals surface area contributed by atoms with E-state index in [0.29, 0.717) is 5.92 Å². The second-order valence-electron chi connectivity index (χ2n) is 4.53. The molecular formula is C11H22O. The summed E-state index contributed by atoms with van der Waals surface area (Å²) in [4.78, 5) is 0. The molecule has 0 aromatic rings. The Bertz CT molecular complexity index is 125. The summed E-state index contributed by atoms with van der Waals surface area (Å²) in [6.07, 6.45) is 8.09. The minimum Gasteiger partial charge on any atom is -0.390 e. The third kappa shape index (κ3) is 2.78. The van der Waals surface area contributed by atoms with E-state index in [9.17, 15) is 5.11 Å². The molecule has 1 N–H and O–H groups in total. The molecule has 0 heterocycles. The van der Waals surface area contributed by atoms with Gasteiger partial charge in [-0.2, -0.15) is 0 Å². The Morgan fingerprint density at radius 1 is 1.33 bits per heavy atom. The van der Waals surface area contributed by atoms with Crippen molar-refractivity contribution in [3.8, 4) is 0 Å². The zero-order chi connectivity index (χ0) is 9.03. The van der Waals surface area contributed by atoms with Crippen molar-refractivity contribution in [2.75, 3.05) is 0 Å². The van der Waals surface area contributed by atoms with E-state index in [-0.39, 0.29) is 5.60 Å². The smallest absolute Gasteiger partial charge is 0.0650 e. The van der Waals surface area contributed by atoms with Crippen LogP contribution in [0.2, 0.25) is 0 Å². The summed E-state index contributed by atoms with van der Waals surface area (Å²) < 4.78 is 0. The molecule has 1 fully saturated rings. The van der Waals surface area contributed by atoms with Crippen LogP contribution in [0.4, 0.5) is 0 Å². The van der Waals surface area contributed by atoms with Crippen LogP contribution in [0.5, 0.6) is 0 Å². The zero-order valence-corrected chi connectivity index (χ0v) is 8.47. The fourth-order valence-electron chi connectivity index (χ4n) is 2.48. The molecule has 1 rings (SSSR count). The Kier molecular flexibility index (Phi) is 3.57. The first-order chi connectivity index (χ1) is 5.66. The first kappa shape index (κ1) is 10.0. The summed E-state index contributed by atoms with van der Waals surface area (Å²) >= 11 is 0. The summed E-state index contributed by atoms with van der Waals surface area (Å²) in [6, 6.07) is 0. The quantitative estimate of drug-likeness (QED) is 0.687. The fourth-order valence-corrected chi connectivity index (χ4v) is 2.48. The molecule has 1 aliphatic rings. The molecule has 12 heavy (non-hydrogen) atoms. The molecule has 1 unspecified atom stereocenters. The van der Waals surface area contributed by atoms with Gasteiger partial charge in [0.1, 0.15) is 0 Å². The molecule has 0 radical (unpaired) electrons. The largest absolute Gasteiger partial charge is 0.390 e. The van der Waals surface area contributed by atoms with Gasteiger partial charge in [0.2, 0.25) is 0 Å². The lowest BCUT2D eigenvalue weighted by atomic mass is 9.88. The standard InChI is InChI=1S/C11H22O/c1-3-6-10(2)9-11(12)7-4-5-8-11/h10,12H,3-9H2,1-2H3. The van der Waals surface area contributed by atoms with E-state index in [1.54, 1.807) is 0 Å². The van der Waals surface area contributed by atoms with E-state index < -0.39 is 0 Å². The maximum atomic E-state index is 10.1. The highest BCUT2D eigenvalue weighted by atomic mass is 16.3. The first-order valence-electron chi connectivity index (χ1n) is 5.39. The van der Waals surface area contributed by atoms with Gasteiger partial charge in [0.25, 0.3) is 0 Å². The first-order valence-corrected chi connectivity index (χ1v) is 5.39. The van der Waals surface area contributed by atoms with Gasteiger partial charge in [-0.25, -0.2) is 0 Å². The lowest BCUT2D eigenvalue weighted by Crippen LogP contribution is -2.26. The highest BCUT2D eigenvalue weighted by Crippen LogP contribution is 2.35. The maximum Gasteiger partial charge on any atom is 0.0650 e. The molecule has 0 amide bonds. The lowest BCUT2D eigenvalue weighted by molar-refractivity contribution is 0.0233. The molecule has 1 heteroatoms. The summed E-state index contributed by atoms with van der Waals surface area (Å²) in [5.74, 6) is 0.707. The van der Waals surface area contributed by atoms with Crippen LogP contribution in [0.3, 0.4) is 0 Å². The Morgan fingerprint density at radius 3 is 2.42 bits per heavy atom. The summed E-state index contributed by atoms with van der Waals surface area (Å²) in [5, 5.41) is 10.1. The van der Waals surface area contributed by atoms with E-state index in [1.165, 1.54) is 25.7 Å². The molecule has 0 aromatic heterocycles. The third-order valence-electron chi connectivity index (χ3n) is 3.04. The van der Waals surface area contributed by atoms with Crippen LogP contribution in [0.1, 0.15) is 58.8 Å². The van der Waals surface area contributed by atoms with Crippen LogP contribution in [-0.2, 0) is 0 Å². The molecule has 1 nitrogen and oxygen atoms in total. The second-order valence-corrected chi connectivity index (χ2v) is 4.53. The van der Waals surface area contributed by atoms with E-state index in [4.69, 9.17) is 0 Å². The van der Waals surface area contributed by atoms with Crippen LogP contribution in [-0.4, -0.2) is 10.7 Å². The van der Waals surface area contributed by atoms with Crippen LogP contribution < -0.4 is 0 Å². The average Bonchev–Trinajstić information content (AvgIpc) is 2.36. The van der Waals surface area contributed by atoms with Gasteiger partial charge in [-0.15, -0.1) is 0 Å². The summed E-state index contributed by atoms with van der Waals surface area (Å²) in [7, 11) is 0. The van der Waals surface area contributed by atoms with Crippen molar-refractivity contribution in [3.05, 3.63) is 0 Å². The van der Waals surface area contributed by atoms with Gasteiger partial charge < -0.3 is 5.11 Å². The maximum absolute atomic E-state index is 10.1. The number of hydrogen-bond acceptors (Lipinski definition) is 1. The molecule has 0 aliphatic heterocycles. The van der Waals surface area contributed by atoms with Crippen molar-refractivity contribution >= 4 is 0 Å². The topological polar surface area (TPSA) is 20.2 Å². The van der Waals surface area contributed by atoms with Crippen molar-refractivity contribution in [1.82, 2.24) is 0 Å². The summed E-state index contributed by atoms with van der Waals surface area (Å²) in [6.45, 7) is 4.48. The molecule has 1 atom stereocenters. The van der Waals surface area contributed by atoms with Crippen molar-refractivity contribution in [2.45, 2.75) is 64.4 Å². The highest BCUT2D eigenvalue weighted by Gasteiger charge is 2.31. The average molecular weight is 170 g/mol. The zero-order valence-electron chi connectivity index (χ0n) is 8.47.